The number of carbonyl (C=O) groups is 1. The van der Waals surface area contributed by atoms with Gasteiger partial charge in [-0.05, 0) is 20.8 Å². The van der Waals surface area contributed by atoms with Crippen molar-refractivity contribution in [3.05, 3.63) is 6.33 Å². The molecular weight excluding hydrogens is 236 g/mol. The molecule has 0 spiro atoms. The van der Waals surface area contributed by atoms with Gasteiger partial charge in [0.25, 0.3) is 0 Å². The quantitative estimate of drug-likeness (QED) is 0.725. The molecule has 0 aliphatic carbocycles. The Morgan fingerprint density at radius 2 is 2.17 bits per heavy atom. The van der Waals surface area contributed by atoms with Gasteiger partial charge in [-0.1, -0.05) is 0 Å². The Labute approximate surface area is 106 Å². The smallest absolute Gasteiger partial charge is 0.328 e. The van der Waals surface area contributed by atoms with E-state index in [2.05, 4.69) is 15.3 Å². The van der Waals surface area contributed by atoms with Gasteiger partial charge in [0, 0.05) is 0 Å². The molecule has 0 amide bonds. The van der Waals surface area contributed by atoms with Gasteiger partial charge in [0.1, 0.15) is 18.1 Å². The minimum Gasteiger partial charge on any atom is -0.476 e. The highest BCUT2D eigenvalue weighted by Gasteiger charge is 2.17. The summed E-state index contributed by atoms with van der Waals surface area (Å²) < 4.78 is 10.1. The van der Waals surface area contributed by atoms with Crippen molar-refractivity contribution in [2.24, 2.45) is 0 Å². The van der Waals surface area contributed by atoms with Crippen molar-refractivity contribution < 1.29 is 14.3 Å². The van der Waals surface area contributed by atoms with Crippen LogP contribution in [0.2, 0.25) is 0 Å². The summed E-state index contributed by atoms with van der Waals surface area (Å²) in [7, 11) is 0. The van der Waals surface area contributed by atoms with Gasteiger partial charge in [-0.15, -0.1) is 0 Å². The number of esters is 1. The third-order valence-corrected chi connectivity index (χ3v) is 2.12. The van der Waals surface area contributed by atoms with E-state index in [0.29, 0.717) is 24.9 Å². The Bertz CT molecular complexity index is 411. The summed E-state index contributed by atoms with van der Waals surface area (Å²) in [6.07, 6.45) is 1.32. The molecule has 18 heavy (non-hydrogen) atoms. The van der Waals surface area contributed by atoms with E-state index in [1.165, 1.54) is 6.33 Å². The van der Waals surface area contributed by atoms with E-state index in [1.54, 1.807) is 13.8 Å². The Balaban J connectivity index is 2.78. The lowest BCUT2D eigenvalue weighted by Crippen LogP contribution is -2.29. The van der Waals surface area contributed by atoms with E-state index < -0.39 is 6.04 Å². The molecule has 1 aromatic heterocycles. The molecule has 0 fully saturated rings. The molecule has 0 radical (unpaired) electrons. The first-order chi connectivity index (χ1) is 8.60. The molecule has 1 aromatic rings. The third kappa shape index (κ3) is 3.47. The maximum atomic E-state index is 11.5. The van der Waals surface area contributed by atoms with Crippen LogP contribution < -0.4 is 15.8 Å². The molecule has 1 rings (SSSR count). The van der Waals surface area contributed by atoms with E-state index >= 15 is 0 Å². The van der Waals surface area contributed by atoms with Gasteiger partial charge >= 0.3 is 5.97 Å². The molecule has 0 aromatic carbocycles. The van der Waals surface area contributed by atoms with Crippen molar-refractivity contribution in [1.82, 2.24) is 9.97 Å². The van der Waals surface area contributed by atoms with Crippen LogP contribution in [-0.2, 0) is 9.53 Å². The predicted molar refractivity (Wildman–Crippen MR) is 67.3 cm³/mol. The van der Waals surface area contributed by atoms with Crippen LogP contribution in [0.4, 0.5) is 11.5 Å². The number of anilines is 2. The molecule has 0 aliphatic heterocycles. The maximum absolute atomic E-state index is 11.5. The summed E-state index contributed by atoms with van der Waals surface area (Å²) in [5.74, 6) is 0.286. The van der Waals surface area contributed by atoms with Crippen molar-refractivity contribution >= 4 is 17.5 Å². The average molecular weight is 254 g/mol. The van der Waals surface area contributed by atoms with Crippen molar-refractivity contribution in [2.45, 2.75) is 26.8 Å². The molecule has 0 saturated carbocycles. The first-order valence-corrected chi connectivity index (χ1v) is 5.76. The second-order valence-electron chi connectivity index (χ2n) is 3.49. The van der Waals surface area contributed by atoms with Crippen LogP contribution in [0.25, 0.3) is 0 Å². The van der Waals surface area contributed by atoms with Gasteiger partial charge in [-0.2, -0.15) is 4.98 Å². The van der Waals surface area contributed by atoms with Crippen molar-refractivity contribution in [1.29, 1.82) is 0 Å². The molecule has 0 saturated heterocycles. The normalized spacial score (nSPS) is 11.7. The van der Waals surface area contributed by atoms with E-state index in [4.69, 9.17) is 15.2 Å². The topological polar surface area (TPSA) is 99.4 Å². The lowest BCUT2D eigenvalue weighted by atomic mass is 10.3. The van der Waals surface area contributed by atoms with E-state index in [-0.39, 0.29) is 11.7 Å². The summed E-state index contributed by atoms with van der Waals surface area (Å²) >= 11 is 0. The molecule has 1 unspecified atom stereocenters. The van der Waals surface area contributed by atoms with Crippen LogP contribution in [0.15, 0.2) is 6.33 Å². The fourth-order valence-electron chi connectivity index (χ4n) is 1.28. The lowest BCUT2D eigenvalue weighted by molar-refractivity contribution is -0.143. The number of hydrogen-bond acceptors (Lipinski definition) is 7. The SMILES string of the molecule is CCOC(=O)C(C)Nc1ncnc(OCC)c1N. The van der Waals surface area contributed by atoms with Crippen LogP contribution >= 0.6 is 0 Å². The highest BCUT2D eigenvalue weighted by atomic mass is 16.5. The van der Waals surface area contributed by atoms with E-state index in [1.807, 2.05) is 6.92 Å². The Morgan fingerprint density at radius 1 is 1.44 bits per heavy atom. The monoisotopic (exact) mass is 254 g/mol. The van der Waals surface area contributed by atoms with E-state index in [0.717, 1.165) is 0 Å². The molecule has 100 valence electrons. The Hall–Kier alpha value is -2.05. The highest BCUT2D eigenvalue weighted by Crippen LogP contribution is 2.24. The number of aromatic nitrogens is 2. The van der Waals surface area contributed by atoms with Gasteiger partial charge in [0.15, 0.2) is 5.82 Å². The second kappa shape index (κ2) is 6.63. The van der Waals surface area contributed by atoms with Crippen molar-refractivity contribution in [2.75, 3.05) is 24.3 Å². The predicted octanol–water partition coefficient (Wildman–Crippen LogP) is 0.821. The molecular formula is C11H18N4O3. The average Bonchev–Trinajstić information content (AvgIpc) is 2.34. The number of hydrogen-bond donors (Lipinski definition) is 2. The molecule has 3 N–H and O–H groups in total. The molecule has 7 nitrogen and oxygen atoms in total. The molecule has 7 heteroatoms. The first-order valence-electron chi connectivity index (χ1n) is 5.76. The van der Waals surface area contributed by atoms with Gasteiger partial charge in [-0.3, -0.25) is 0 Å². The van der Waals surface area contributed by atoms with Crippen LogP contribution in [0.5, 0.6) is 5.88 Å². The zero-order valence-corrected chi connectivity index (χ0v) is 10.8. The number of nitrogens with zero attached hydrogens (tertiary/aromatic N) is 2. The Kier molecular flexibility index (Phi) is 5.16. The molecule has 1 heterocycles. The van der Waals surface area contributed by atoms with Crippen molar-refractivity contribution in [3.63, 3.8) is 0 Å². The van der Waals surface area contributed by atoms with E-state index in [9.17, 15) is 4.79 Å². The number of nitrogens with one attached hydrogen (secondary N) is 1. The number of nitrogens with two attached hydrogens (primary N) is 1. The summed E-state index contributed by atoms with van der Waals surface area (Å²) in [6.45, 7) is 6.02. The summed E-state index contributed by atoms with van der Waals surface area (Å²) in [5, 5.41) is 2.86. The third-order valence-electron chi connectivity index (χ3n) is 2.12. The largest absolute Gasteiger partial charge is 0.476 e. The number of rotatable bonds is 6. The van der Waals surface area contributed by atoms with Crippen molar-refractivity contribution in [3.8, 4) is 5.88 Å². The molecule has 1 atom stereocenters. The summed E-state index contributed by atoms with van der Waals surface area (Å²) in [6, 6.07) is -0.545. The number of carbonyl (C=O) groups excluding carboxylic acids is 1. The maximum Gasteiger partial charge on any atom is 0.328 e. The van der Waals surface area contributed by atoms with Crippen LogP contribution in [-0.4, -0.2) is 35.2 Å². The molecule has 0 aliphatic rings. The number of nitrogen functional groups attached to an aromatic ring is 1. The fraction of sp³-hybridized carbons (Fsp3) is 0.545. The minimum absolute atomic E-state index is 0.274. The first kappa shape index (κ1) is 14.0. The van der Waals surface area contributed by atoms with Gasteiger partial charge < -0.3 is 20.5 Å². The summed E-state index contributed by atoms with van der Waals surface area (Å²) in [4.78, 5) is 19.3. The second-order valence-corrected chi connectivity index (χ2v) is 3.49. The summed E-state index contributed by atoms with van der Waals surface area (Å²) in [5.41, 5.74) is 6.10. The van der Waals surface area contributed by atoms with Crippen LogP contribution in [0, 0.1) is 0 Å². The zero-order chi connectivity index (χ0) is 13.5. The molecule has 0 bridgehead atoms. The van der Waals surface area contributed by atoms with Gasteiger partial charge in [0.2, 0.25) is 5.88 Å². The van der Waals surface area contributed by atoms with Gasteiger partial charge in [-0.25, -0.2) is 9.78 Å². The standard InChI is InChI=1S/C11H18N4O3/c1-4-17-10-8(12)9(13-6-14-10)15-7(3)11(16)18-5-2/h6-7H,4-5,12H2,1-3H3,(H,13,14,15). The van der Waals surface area contributed by atoms with Crippen LogP contribution in [0.1, 0.15) is 20.8 Å². The lowest BCUT2D eigenvalue weighted by Gasteiger charge is -2.15. The Morgan fingerprint density at radius 3 is 2.78 bits per heavy atom. The van der Waals surface area contributed by atoms with Gasteiger partial charge in [0.05, 0.1) is 13.2 Å². The zero-order valence-electron chi connectivity index (χ0n) is 10.8. The minimum atomic E-state index is -0.545. The highest BCUT2D eigenvalue weighted by molar-refractivity contribution is 5.80. The number of ether oxygens (including phenoxy) is 2. The fourth-order valence-corrected chi connectivity index (χ4v) is 1.28. The van der Waals surface area contributed by atoms with Crippen LogP contribution in [0.3, 0.4) is 0 Å².